The van der Waals surface area contributed by atoms with Gasteiger partial charge < -0.3 is 14.0 Å². The quantitative estimate of drug-likeness (QED) is 0.421. The summed E-state index contributed by atoms with van der Waals surface area (Å²) >= 11 is 5.85. The van der Waals surface area contributed by atoms with Crippen molar-refractivity contribution in [3.8, 4) is 17.1 Å². The molecule has 5 nitrogen and oxygen atoms in total. The molecule has 8 heteroatoms. The van der Waals surface area contributed by atoms with Gasteiger partial charge in [-0.15, -0.1) is 0 Å². The van der Waals surface area contributed by atoms with Crippen molar-refractivity contribution >= 4 is 17.8 Å². The maximum atomic E-state index is 12.3. The molecular formula is C18H13ClF2N2O3. The summed E-state index contributed by atoms with van der Waals surface area (Å²) in [7, 11) is 0. The van der Waals surface area contributed by atoms with Crippen molar-refractivity contribution in [3.05, 3.63) is 71.2 Å². The number of ether oxygens (including phenoxy) is 1. The van der Waals surface area contributed by atoms with Crippen LogP contribution in [-0.4, -0.2) is 17.8 Å². The largest absolute Gasteiger partial charge is 0.437 e. The predicted molar refractivity (Wildman–Crippen MR) is 92.4 cm³/mol. The van der Waals surface area contributed by atoms with Crippen molar-refractivity contribution in [1.82, 2.24) is 4.98 Å². The lowest BCUT2D eigenvalue weighted by molar-refractivity contribution is -0.0499. The Morgan fingerprint density at radius 3 is 2.69 bits per heavy atom. The molecule has 1 heterocycles. The minimum Gasteiger partial charge on any atom is -0.437 e. The molecule has 3 aromatic rings. The van der Waals surface area contributed by atoms with E-state index in [1.807, 2.05) is 12.1 Å². The molecule has 134 valence electrons. The Hall–Kier alpha value is -2.93. The van der Waals surface area contributed by atoms with Crippen LogP contribution in [0.25, 0.3) is 11.3 Å². The van der Waals surface area contributed by atoms with E-state index in [2.05, 4.69) is 14.9 Å². The molecule has 0 atom stereocenters. The summed E-state index contributed by atoms with van der Waals surface area (Å²) < 4.78 is 34.7. The highest BCUT2D eigenvalue weighted by Gasteiger charge is 2.08. The highest BCUT2D eigenvalue weighted by molar-refractivity contribution is 6.30. The number of hydrogen-bond donors (Lipinski definition) is 0. The van der Waals surface area contributed by atoms with E-state index in [1.54, 1.807) is 36.5 Å². The van der Waals surface area contributed by atoms with E-state index in [0.717, 1.165) is 5.56 Å². The minimum absolute atomic E-state index is 0.0102. The second-order valence-corrected chi connectivity index (χ2v) is 5.49. The average Bonchev–Trinajstić information content (AvgIpc) is 3.09. The molecule has 0 unspecified atom stereocenters. The van der Waals surface area contributed by atoms with Crippen molar-refractivity contribution in [3.63, 3.8) is 0 Å². The van der Waals surface area contributed by atoms with Gasteiger partial charge in [0.25, 0.3) is 0 Å². The lowest BCUT2D eigenvalue weighted by Crippen LogP contribution is -2.04. The number of nitrogens with zero attached hydrogens (tertiary/aromatic N) is 2. The monoisotopic (exact) mass is 378 g/mol. The number of alkyl halides is 2. The lowest BCUT2D eigenvalue weighted by atomic mass is 10.2. The Kier molecular flexibility index (Phi) is 5.80. The molecule has 0 aliphatic heterocycles. The van der Waals surface area contributed by atoms with Crippen LogP contribution in [-0.2, 0) is 11.4 Å². The summed E-state index contributed by atoms with van der Waals surface area (Å²) in [6.07, 6.45) is 2.85. The summed E-state index contributed by atoms with van der Waals surface area (Å²) in [4.78, 5) is 9.20. The highest BCUT2D eigenvalue weighted by atomic mass is 35.5. The Balaban J connectivity index is 1.59. The smallest absolute Gasteiger partial charge is 0.387 e. The highest BCUT2D eigenvalue weighted by Crippen LogP contribution is 2.22. The molecule has 0 bridgehead atoms. The Bertz CT molecular complexity index is 882. The van der Waals surface area contributed by atoms with Gasteiger partial charge in [0.15, 0.2) is 12.4 Å². The first-order valence-electron chi connectivity index (χ1n) is 7.51. The topological polar surface area (TPSA) is 56.9 Å². The molecule has 0 amide bonds. The summed E-state index contributed by atoms with van der Waals surface area (Å²) in [6.45, 7) is -2.92. The van der Waals surface area contributed by atoms with Gasteiger partial charge in [-0.3, -0.25) is 0 Å². The molecule has 3 rings (SSSR count). The number of halogens is 3. The maximum Gasteiger partial charge on any atom is 0.387 e. The fraction of sp³-hybridized carbons (Fsp3) is 0.111. The van der Waals surface area contributed by atoms with Crippen LogP contribution >= 0.6 is 11.6 Å². The van der Waals surface area contributed by atoms with Crippen molar-refractivity contribution in [2.24, 2.45) is 5.16 Å². The third-order valence-corrected chi connectivity index (χ3v) is 3.52. The third kappa shape index (κ3) is 4.80. The summed E-state index contributed by atoms with van der Waals surface area (Å²) in [5.74, 6) is 0.903. The zero-order valence-electron chi connectivity index (χ0n) is 13.3. The summed E-state index contributed by atoms with van der Waals surface area (Å²) in [5, 5.41) is 4.36. The Labute approximate surface area is 152 Å². The first-order valence-corrected chi connectivity index (χ1v) is 7.89. The van der Waals surface area contributed by atoms with Gasteiger partial charge in [-0.2, -0.15) is 8.78 Å². The maximum absolute atomic E-state index is 12.3. The van der Waals surface area contributed by atoms with Crippen LogP contribution in [0.2, 0.25) is 5.02 Å². The van der Waals surface area contributed by atoms with Gasteiger partial charge in [0.1, 0.15) is 5.75 Å². The molecule has 0 aliphatic rings. The molecule has 0 spiro atoms. The van der Waals surface area contributed by atoms with Crippen molar-refractivity contribution in [2.45, 2.75) is 13.2 Å². The second-order valence-electron chi connectivity index (χ2n) is 5.05. The molecule has 0 fully saturated rings. The van der Waals surface area contributed by atoms with E-state index in [-0.39, 0.29) is 12.4 Å². The van der Waals surface area contributed by atoms with Gasteiger partial charge in [0.2, 0.25) is 5.89 Å². The van der Waals surface area contributed by atoms with Crippen LogP contribution in [0.5, 0.6) is 5.75 Å². The third-order valence-electron chi connectivity index (χ3n) is 3.27. The number of oxime groups is 1. The predicted octanol–water partition coefficient (Wildman–Crippen LogP) is 5.15. The number of rotatable bonds is 7. The zero-order chi connectivity index (χ0) is 18.4. The fourth-order valence-electron chi connectivity index (χ4n) is 2.10. The standard InChI is InChI=1S/C18H13ClF2N2O3/c19-14-7-5-12(6-8-14)16-10-22-17(25-16)11-24-23-9-13-3-1-2-4-15(13)26-18(20)21/h1-10,18H,11H2/b23-9+. The van der Waals surface area contributed by atoms with Crippen LogP contribution in [0.4, 0.5) is 8.78 Å². The van der Waals surface area contributed by atoms with Crippen molar-refractivity contribution in [1.29, 1.82) is 0 Å². The minimum atomic E-state index is -2.91. The average molecular weight is 379 g/mol. The number of aromatic nitrogens is 1. The Morgan fingerprint density at radius 1 is 1.15 bits per heavy atom. The van der Waals surface area contributed by atoms with E-state index < -0.39 is 6.61 Å². The van der Waals surface area contributed by atoms with Crippen molar-refractivity contribution in [2.75, 3.05) is 0 Å². The van der Waals surface area contributed by atoms with Gasteiger partial charge in [-0.25, -0.2) is 4.98 Å². The number of para-hydroxylation sites is 1. The van der Waals surface area contributed by atoms with E-state index in [1.165, 1.54) is 12.3 Å². The van der Waals surface area contributed by atoms with Crippen molar-refractivity contribution < 1.29 is 22.8 Å². The molecular weight excluding hydrogens is 366 g/mol. The van der Waals surface area contributed by atoms with E-state index in [9.17, 15) is 8.78 Å². The zero-order valence-corrected chi connectivity index (χ0v) is 14.1. The van der Waals surface area contributed by atoms with Gasteiger partial charge in [-0.1, -0.05) is 28.9 Å². The fourth-order valence-corrected chi connectivity index (χ4v) is 2.23. The lowest BCUT2D eigenvalue weighted by Gasteiger charge is -2.06. The number of oxazole rings is 1. The summed E-state index contributed by atoms with van der Waals surface area (Å²) in [6, 6.07) is 13.4. The first-order chi connectivity index (χ1) is 12.6. The van der Waals surface area contributed by atoms with Gasteiger partial charge in [0.05, 0.1) is 12.4 Å². The molecule has 0 aliphatic carbocycles. The number of benzene rings is 2. The van der Waals surface area contributed by atoms with Crippen LogP contribution in [0.15, 0.2) is 64.3 Å². The first kappa shape index (κ1) is 17.9. The van der Waals surface area contributed by atoms with E-state index in [4.69, 9.17) is 20.9 Å². The molecule has 0 saturated heterocycles. The van der Waals surface area contributed by atoms with E-state index in [0.29, 0.717) is 22.2 Å². The normalized spacial score (nSPS) is 11.2. The number of hydrogen-bond acceptors (Lipinski definition) is 5. The molecule has 0 radical (unpaired) electrons. The molecule has 26 heavy (non-hydrogen) atoms. The second kappa shape index (κ2) is 8.44. The van der Waals surface area contributed by atoms with E-state index >= 15 is 0 Å². The molecule has 2 aromatic carbocycles. The SMILES string of the molecule is FC(F)Oc1ccccc1/C=N/OCc1ncc(-c2ccc(Cl)cc2)o1. The van der Waals surface area contributed by atoms with Crippen LogP contribution in [0.3, 0.4) is 0 Å². The van der Waals surface area contributed by atoms with Gasteiger partial charge in [0, 0.05) is 16.1 Å². The Morgan fingerprint density at radius 2 is 1.92 bits per heavy atom. The van der Waals surface area contributed by atoms with Gasteiger partial charge >= 0.3 is 6.61 Å². The van der Waals surface area contributed by atoms with Crippen LogP contribution < -0.4 is 4.74 Å². The van der Waals surface area contributed by atoms with Crippen LogP contribution in [0, 0.1) is 0 Å². The summed E-state index contributed by atoms with van der Waals surface area (Å²) in [5.41, 5.74) is 1.19. The molecule has 0 N–H and O–H groups in total. The molecule has 0 saturated carbocycles. The van der Waals surface area contributed by atoms with Crippen LogP contribution in [0.1, 0.15) is 11.5 Å². The molecule has 1 aromatic heterocycles. The van der Waals surface area contributed by atoms with Gasteiger partial charge in [-0.05, 0) is 36.4 Å².